The number of nitrogens with zero attached hydrogens (tertiary/aromatic N) is 4. The first-order chi connectivity index (χ1) is 12.7. The molecule has 126 valence electrons. The van der Waals surface area contributed by atoms with Crippen LogP contribution in [-0.2, 0) is 14.1 Å². The molecule has 0 saturated carbocycles. The fourth-order valence-electron chi connectivity index (χ4n) is 3.72. The summed E-state index contributed by atoms with van der Waals surface area (Å²) in [4.78, 5) is 0. The average molecular weight is 340 g/mol. The molecule has 0 spiro atoms. The minimum absolute atomic E-state index is 1.16. The molecular formula is C22H20N4+2. The van der Waals surface area contributed by atoms with Crippen molar-refractivity contribution in [1.29, 1.82) is 0 Å². The first-order valence-corrected chi connectivity index (χ1v) is 8.74. The Balaban J connectivity index is 1.91. The molecule has 2 heterocycles. The van der Waals surface area contributed by atoms with Crippen LogP contribution in [0.5, 0.6) is 0 Å². The predicted octanol–water partition coefficient (Wildman–Crippen LogP) is 3.22. The quantitative estimate of drug-likeness (QED) is 0.439. The zero-order valence-electron chi connectivity index (χ0n) is 14.9. The van der Waals surface area contributed by atoms with Crippen molar-refractivity contribution in [3.63, 3.8) is 0 Å². The third-order valence-corrected chi connectivity index (χ3v) is 5.00. The molecule has 0 bridgehead atoms. The molecule has 0 atom stereocenters. The number of aromatic nitrogens is 4. The predicted molar refractivity (Wildman–Crippen MR) is 102 cm³/mol. The van der Waals surface area contributed by atoms with E-state index in [2.05, 4.69) is 118 Å². The summed E-state index contributed by atoms with van der Waals surface area (Å²) in [6.07, 6.45) is 4.29. The summed E-state index contributed by atoms with van der Waals surface area (Å²) in [5.74, 6) is 0. The second kappa shape index (κ2) is 5.56. The van der Waals surface area contributed by atoms with Crippen molar-refractivity contribution in [3.05, 3.63) is 85.5 Å². The topological polar surface area (TPSA) is 17.6 Å². The fourth-order valence-corrected chi connectivity index (χ4v) is 3.72. The molecule has 0 unspecified atom stereocenters. The Morgan fingerprint density at radius 3 is 2.15 bits per heavy atom. The third-order valence-electron chi connectivity index (χ3n) is 5.00. The molecule has 5 aromatic rings. The minimum Gasteiger partial charge on any atom is -0.232 e. The maximum atomic E-state index is 2.27. The zero-order valence-corrected chi connectivity index (χ0v) is 14.9. The van der Waals surface area contributed by atoms with E-state index < -0.39 is 0 Å². The highest BCUT2D eigenvalue weighted by Crippen LogP contribution is 2.23. The van der Waals surface area contributed by atoms with Crippen molar-refractivity contribution in [2.45, 2.75) is 0 Å². The third kappa shape index (κ3) is 2.15. The van der Waals surface area contributed by atoms with Crippen LogP contribution in [0.25, 0.3) is 33.4 Å². The number of fused-ring (bicyclic) bond motifs is 2. The van der Waals surface area contributed by atoms with Gasteiger partial charge in [-0.1, -0.05) is 36.4 Å². The molecule has 26 heavy (non-hydrogen) atoms. The van der Waals surface area contributed by atoms with E-state index in [1.807, 2.05) is 0 Å². The minimum atomic E-state index is 1.16. The van der Waals surface area contributed by atoms with E-state index in [1.165, 1.54) is 22.1 Å². The fraction of sp³-hybridized carbons (Fsp3) is 0.0909. The second-order valence-electron chi connectivity index (χ2n) is 6.69. The van der Waals surface area contributed by atoms with E-state index in [9.17, 15) is 0 Å². The van der Waals surface area contributed by atoms with Crippen molar-refractivity contribution in [1.82, 2.24) is 9.13 Å². The SMILES string of the molecule is Cn1c[n+](C)c2cc3c(cc21)n(-c1ccccc1)c[n+]3-c1ccccc1. The van der Waals surface area contributed by atoms with Crippen molar-refractivity contribution < 1.29 is 9.13 Å². The number of para-hydroxylation sites is 2. The molecule has 5 rings (SSSR count). The van der Waals surface area contributed by atoms with Gasteiger partial charge in [-0.05, 0) is 24.3 Å². The molecule has 0 amide bonds. The van der Waals surface area contributed by atoms with Crippen LogP contribution in [0.1, 0.15) is 0 Å². The number of hydrogen-bond acceptors (Lipinski definition) is 0. The largest absolute Gasteiger partial charge is 0.255 e. The molecule has 4 heteroatoms. The van der Waals surface area contributed by atoms with Crippen LogP contribution >= 0.6 is 0 Å². The van der Waals surface area contributed by atoms with Crippen LogP contribution in [0.4, 0.5) is 0 Å². The molecule has 0 aliphatic heterocycles. The Morgan fingerprint density at radius 1 is 0.731 bits per heavy atom. The summed E-state index contributed by atoms with van der Waals surface area (Å²) >= 11 is 0. The first-order valence-electron chi connectivity index (χ1n) is 8.74. The van der Waals surface area contributed by atoms with E-state index in [1.54, 1.807) is 0 Å². The normalized spacial score (nSPS) is 11.5. The van der Waals surface area contributed by atoms with Gasteiger partial charge in [-0.3, -0.25) is 0 Å². The van der Waals surface area contributed by atoms with Gasteiger partial charge in [0.2, 0.25) is 6.33 Å². The number of hydrogen-bond donors (Lipinski definition) is 0. The van der Waals surface area contributed by atoms with E-state index in [0.29, 0.717) is 0 Å². The molecule has 0 fully saturated rings. The molecule has 0 aliphatic rings. The van der Waals surface area contributed by atoms with Gasteiger partial charge in [-0.25, -0.2) is 9.13 Å². The lowest BCUT2D eigenvalue weighted by Gasteiger charge is -1.96. The lowest BCUT2D eigenvalue weighted by atomic mass is 10.2. The Bertz CT molecular complexity index is 1140. The highest BCUT2D eigenvalue weighted by molar-refractivity contribution is 5.89. The summed E-state index contributed by atoms with van der Waals surface area (Å²) in [5.41, 5.74) is 7.13. The number of benzene rings is 3. The smallest absolute Gasteiger partial charge is 0.232 e. The van der Waals surface area contributed by atoms with Crippen LogP contribution < -0.4 is 9.13 Å². The summed E-state index contributed by atoms with van der Waals surface area (Å²) in [7, 11) is 4.18. The number of rotatable bonds is 2. The van der Waals surface area contributed by atoms with E-state index in [-0.39, 0.29) is 0 Å². The van der Waals surface area contributed by atoms with Crippen molar-refractivity contribution in [3.8, 4) is 11.4 Å². The lowest BCUT2D eigenvalue weighted by molar-refractivity contribution is -0.645. The summed E-state index contributed by atoms with van der Waals surface area (Å²) < 4.78 is 8.86. The Labute approximate surface area is 151 Å². The van der Waals surface area contributed by atoms with Gasteiger partial charge in [0.15, 0.2) is 22.1 Å². The van der Waals surface area contributed by atoms with E-state index in [4.69, 9.17) is 0 Å². The summed E-state index contributed by atoms with van der Waals surface area (Å²) in [5, 5.41) is 0. The van der Waals surface area contributed by atoms with Crippen molar-refractivity contribution in [2.24, 2.45) is 14.1 Å². The van der Waals surface area contributed by atoms with Crippen LogP contribution in [0.3, 0.4) is 0 Å². The van der Waals surface area contributed by atoms with Gasteiger partial charge >= 0.3 is 0 Å². The first kappa shape index (κ1) is 14.9. The van der Waals surface area contributed by atoms with Gasteiger partial charge in [-0.2, -0.15) is 9.13 Å². The Morgan fingerprint density at radius 2 is 1.42 bits per heavy atom. The van der Waals surface area contributed by atoms with Crippen molar-refractivity contribution in [2.75, 3.05) is 0 Å². The maximum absolute atomic E-state index is 2.27. The number of imidazole rings is 2. The molecule has 0 radical (unpaired) electrons. The highest BCUT2D eigenvalue weighted by Gasteiger charge is 2.23. The molecule has 0 saturated heterocycles. The van der Waals surface area contributed by atoms with E-state index >= 15 is 0 Å². The van der Waals surface area contributed by atoms with Crippen LogP contribution in [0.15, 0.2) is 85.5 Å². The molecule has 0 N–H and O–H groups in total. The number of aryl methyl sites for hydroxylation is 2. The standard InChI is InChI=1S/C22H20N4/c1-23-15-24(2)20-14-22-21(13-19(20)23)25(17-9-5-3-6-10-17)16-26(22)18-11-7-4-8-12-18/h3-16H,1-2H3/q+2. The van der Waals surface area contributed by atoms with Gasteiger partial charge in [0.05, 0.1) is 14.1 Å². The summed E-state index contributed by atoms with van der Waals surface area (Å²) in [6.45, 7) is 0. The van der Waals surface area contributed by atoms with Gasteiger partial charge < -0.3 is 0 Å². The van der Waals surface area contributed by atoms with Crippen molar-refractivity contribution >= 4 is 22.1 Å². The monoisotopic (exact) mass is 340 g/mol. The van der Waals surface area contributed by atoms with Gasteiger partial charge in [0.25, 0.3) is 6.33 Å². The highest BCUT2D eigenvalue weighted by atomic mass is 15.2. The van der Waals surface area contributed by atoms with Crippen LogP contribution in [0.2, 0.25) is 0 Å². The zero-order chi connectivity index (χ0) is 17.7. The average Bonchev–Trinajstić information content (AvgIpc) is 3.19. The maximum Gasteiger partial charge on any atom is 0.255 e. The Kier molecular flexibility index (Phi) is 3.19. The lowest BCUT2D eigenvalue weighted by Crippen LogP contribution is -2.29. The second-order valence-corrected chi connectivity index (χ2v) is 6.69. The van der Waals surface area contributed by atoms with Gasteiger partial charge in [0, 0.05) is 12.1 Å². The van der Waals surface area contributed by atoms with Crippen LogP contribution in [-0.4, -0.2) is 9.13 Å². The molecule has 4 nitrogen and oxygen atoms in total. The molecule has 3 aromatic carbocycles. The van der Waals surface area contributed by atoms with Crippen LogP contribution in [0, 0.1) is 0 Å². The van der Waals surface area contributed by atoms with E-state index in [0.717, 1.165) is 11.4 Å². The van der Waals surface area contributed by atoms with Gasteiger partial charge in [-0.15, -0.1) is 0 Å². The molecule has 0 aliphatic carbocycles. The molecular weight excluding hydrogens is 320 g/mol. The summed E-state index contributed by atoms with van der Waals surface area (Å²) in [6, 6.07) is 25.5. The molecule has 2 aromatic heterocycles. The van der Waals surface area contributed by atoms with Gasteiger partial charge in [0.1, 0.15) is 11.4 Å². The Hall–Kier alpha value is -3.40.